The highest BCUT2D eigenvalue weighted by Crippen LogP contribution is 2.16. The van der Waals surface area contributed by atoms with Crippen LogP contribution in [0.4, 0.5) is 0 Å². The molecule has 126 valence electrons. The van der Waals surface area contributed by atoms with E-state index >= 15 is 0 Å². The lowest BCUT2D eigenvalue weighted by Crippen LogP contribution is -2.25. The second-order valence-corrected chi connectivity index (χ2v) is 5.90. The first-order valence-electron chi connectivity index (χ1n) is 8.13. The van der Waals surface area contributed by atoms with Crippen molar-refractivity contribution in [2.45, 2.75) is 13.8 Å². The molecule has 0 fully saturated rings. The van der Waals surface area contributed by atoms with Crippen molar-refractivity contribution >= 4 is 22.4 Å². The average molecular weight is 332 g/mol. The van der Waals surface area contributed by atoms with Gasteiger partial charge in [0, 0.05) is 0 Å². The van der Waals surface area contributed by atoms with Crippen LogP contribution in [0, 0.1) is 6.92 Å². The molecule has 0 aromatic heterocycles. The normalized spacial score (nSPS) is 11.4. The van der Waals surface area contributed by atoms with Gasteiger partial charge in [-0.3, -0.25) is 4.79 Å². The van der Waals surface area contributed by atoms with Gasteiger partial charge in [-0.2, -0.15) is 5.10 Å². The summed E-state index contributed by atoms with van der Waals surface area (Å²) in [7, 11) is 0. The molecular formula is C21H20N2O2. The Labute approximate surface area is 147 Å². The van der Waals surface area contributed by atoms with E-state index < -0.39 is 0 Å². The summed E-state index contributed by atoms with van der Waals surface area (Å²) in [6.45, 7) is 3.80. The summed E-state index contributed by atoms with van der Waals surface area (Å²) in [6.07, 6.45) is 0. The molecule has 0 spiro atoms. The van der Waals surface area contributed by atoms with Crippen LogP contribution in [-0.2, 0) is 4.79 Å². The van der Waals surface area contributed by atoms with Gasteiger partial charge in [0.1, 0.15) is 5.75 Å². The molecule has 25 heavy (non-hydrogen) atoms. The highest BCUT2D eigenvalue weighted by atomic mass is 16.5. The molecule has 0 aliphatic rings. The molecule has 4 nitrogen and oxygen atoms in total. The molecule has 0 saturated carbocycles. The molecule has 4 heteroatoms. The number of nitrogens with zero attached hydrogens (tertiary/aromatic N) is 1. The van der Waals surface area contributed by atoms with Gasteiger partial charge < -0.3 is 4.74 Å². The molecule has 1 amide bonds. The van der Waals surface area contributed by atoms with Gasteiger partial charge in [-0.05, 0) is 48.4 Å². The molecule has 3 aromatic carbocycles. The fraction of sp³-hybridized carbons (Fsp3) is 0.143. The summed E-state index contributed by atoms with van der Waals surface area (Å²) in [5.74, 6) is 0.372. The number of hydrogen-bond acceptors (Lipinski definition) is 3. The molecule has 0 unspecified atom stereocenters. The maximum Gasteiger partial charge on any atom is 0.277 e. The van der Waals surface area contributed by atoms with E-state index in [2.05, 4.69) is 28.7 Å². The number of hydrazone groups is 1. The zero-order chi connectivity index (χ0) is 17.6. The fourth-order valence-electron chi connectivity index (χ4n) is 2.44. The van der Waals surface area contributed by atoms with Gasteiger partial charge >= 0.3 is 0 Å². The second-order valence-electron chi connectivity index (χ2n) is 5.90. The minimum Gasteiger partial charge on any atom is -0.484 e. The van der Waals surface area contributed by atoms with E-state index in [4.69, 9.17) is 4.74 Å². The minimum absolute atomic E-state index is 0.0719. The maximum atomic E-state index is 11.9. The molecular weight excluding hydrogens is 312 g/mol. The Bertz CT molecular complexity index is 915. The molecule has 0 radical (unpaired) electrons. The summed E-state index contributed by atoms with van der Waals surface area (Å²) in [4.78, 5) is 11.9. The number of carbonyl (C=O) groups excluding carboxylic acids is 1. The number of nitrogens with one attached hydrogen (secondary N) is 1. The summed E-state index contributed by atoms with van der Waals surface area (Å²) < 4.78 is 5.44. The van der Waals surface area contributed by atoms with E-state index in [1.54, 1.807) is 0 Å². The van der Waals surface area contributed by atoms with Crippen molar-refractivity contribution in [2.24, 2.45) is 5.10 Å². The van der Waals surface area contributed by atoms with E-state index in [-0.39, 0.29) is 12.5 Å². The first kappa shape index (κ1) is 16.7. The largest absolute Gasteiger partial charge is 0.484 e. The standard InChI is InChI=1S/C21H20N2O2/c1-15-7-11-20(12-8-15)25-14-21(24)23-22-16(2)18-10-9-17-5-3-4-6-19(17)13-18/h3-13H,14H2,1-2H3,(H,23,24)/b22-16+. The number of benzene rings is 3. The lowest BCUT2D eigenvalue weighted by molar-refractivity contribution is -0.123. The Balaban J connectivity index is 1.59. The van der Waals surface area contributed by atoms with Gasteiger partial charge in [0.05, 0.1) is 5.71 Å². The molecule has 0 atom stereocenters. The monoisotopic (exact) mass is 332 g/mol. The zero-order valence-corrected chi connectivity index (χ0v) is 14.3. The van der Waals surface area contributed by atoms with Crippen LogP contribution in [0.25, 0.3) is 10.8 Å². The summed E-state index contributed by atoms with van der Waals surface area (Å²) in [6, 6.07) is 21.8. The molecule has 0 heterocycles. The number of ether oxygens (including phenoxy) is 1. The Morgan fingerprint density at radius 2 is 1.72 bits per heavy atom. The van der Waals surface area contributed by atoms with Gasteiger partial charge in [0.25, 0.3) is 5.91 Å². The molecule has 3 aromatic rings. The number of amides is 1. The molecule has 0 aliphatic heterocycles. The third kappa shape index (κ3) is 4.44. The summed E-state index contributed by atoms with van der Waals surface area (Å²) >= 11 is 0. The van der Waals surface area contributed by atoms with Crippen LogP contribution in [0.3, 0.4) is 0 Å². The van der Waals surface area contributed by atoms with Gasteiger partial charge in [0.2, 0.25) is 0 Å². The molecule has 3 rings (SSSR count). The van der Waals surface area contributed by atoms with E-state index in [9.17, 15) is 4.79 Å². The first-order valence-corrected chi connectivity index (χ1v) is 8.13. The first-order chi connectivity index (χ1) is 12.1. The average Bonchev–Trinajstić information content (AvgIpc) is 2.65. The van der Waals surface area contributed by atoms with E-state index in [0.717, 1.165) is 22.2 Å². The Morgan fingerprint density at radius 1 is 1.00 bits per heavy atom. The Morgan fingerprint density at radius 3 is 2.48 bits per heavy atom. The predicted molar refractivity (Wildman–Crippen MR) is 101 cm³/mol. The van der Waals surface area contributed by atoms with Gasteiger partial charge in [-0.15, -0.1) is 0 Å². The maximum absolute atomic E-state index is 11.9. The number of hydrogen-bond donors (Lipinski definition) is 1. The van der Waals surface area contributed by atoms with E-state index in [0.29, 0.717) is 5.75 Å². The molecule has 0 aliphatic carbocycles. The number of rotatable bonds is 5. The van der Waals surface area contributed by atoms with Crippen molar-refractivity contribution in [1.29, 1.82) is 0 Å². The van der Waals surface area contributed by atoms with Gasteiger partial charge in [-0.25, -0.2) is 5.43 Å². The van der Waals surface area contributed by atoms with Crippen molar-refractivity contribution < 1.29 is 9.53 Å². The third-order valence-electron chi connectivity index (χ3n) is 3.91. The minimum atomic E-state index is -0.291. The van der Waals surface area contributed by atoms with Crippen LogP contribution in [0.5, 0.6) is 5.75 Å². The smallest absolute Gasteiger partial charge is 0.277 e. The topological polar surface area (TPSA) is 50.7 Å². The summed E-state index contributed by atoms with van der Waals surface area (Å²) in [5.41, 5.74) is 5.40. The van der Waals surface area contributed by atoms with Crippen molar-refractivity contribution in [3.05, 3.63) is 77.9 Å². The van der Waals surface area contributed by atoms with Crippen LogP contribution in [0.15, 0.2) is 71.8 Å². The highest BCUT2D eigenvalue weighted by Gasteiger charge is 2.04. The highest BCUT2D eigenvalue weighted by molar-refractivity contribution is 6.02. The van der Waals surface area contributed by atoms with Gasteiger partial charge in [-0.1, -0.05) is 54.1 Å². The quantitative estimate of drug-likeness (QED) is 0.566. The van der Waals surface area contributed by atoms with E-state index in [1.807, 2.05) is 62.4 Å². The number of carbonyl (C=O) groups is 1. The van der Waals surface area contributed by atoms with Crippen molar-refractivity contribution in [3.8, 4) is 5.75 Å². The zero-order valence-electron chi connectivity index (χ0n) is 14.3. The van der Waals surface area contributed by atoms with Crippen molar-refractivity contribution in [3.63, 3.8) is 0 Å². The molecule has 0 saturated heterocycles. The number of fused-ring (bicyclic) bond motifs is 1. The fourth-order valence-corrected chi connectivity index (χ4v) is 2.44. The molecule has 1 N–H and O–H groups in total. The van der Waals surface area contributed by atoms with Gasteiger partial charge in [0.15, 0.2) is 6.61 Å². The number of aryl methyl sites for hydroxylation is 1. The van der Waals surface area contributed by atoms with Crippen LogP contribution < -0.4 is 10.2 Å². The van der Waals surface area contributed by atoms with Crippen molar-refractivity contribution in [1.82, 2.24) is 5.43 Å². The third-order valence-corrected chi connectivity index (χ3v) is 3.91. The van der Waals surface area contributed by atoms with Crippen LogP contribution in [0.1, 0.15) is 18.1 Å². The molecule has 0 bridgehead atoms. The Hall–Kier alpha value is -3.14. The van der Waals surface area contributed by atoms with E-state index in [1.165, 1.54) is 5.39 Å². The van der Waals surface area contributed by atoms with Crippen molar-refractivity contribution in [2.75, 3.05) is 6.61 Å². The van der Waals surface area contributed by atoms with Crippen LogP contribution >= 0.6 is 0 Å². The summed E-state index contributed by atoms with van der Waals surface area (Å²) in [5, 5.41) is 6.48. The predicted octanol–water partition coefficient (Wildman–Crippen LogP) is 4.07. The Kier molecular flexibility index (Phi) is 5.09. The second kappa shape index (κ2) is 7.62. The van der Waals surface area contributed by atoms with Crippen LogP contribution in [0.2, 0.25) is 0 Å². The SMILES string of the molecule is C/C(=N\NC(=O)COc1ccc(C)cc1)c1ccc2ccccc2c1. The van der Waals surface area contributed by atoms with Crippen LogP contribution in [-0.4, -0.2) is 18.2 Å². The lowest BCUT2D eigenvalue weighted by atomic mass is 10.0. The lowest BCUT2D eigenvalue weighted by Gasteiger charge is -2.07.